The summed E-state index contributed by atoms with van der Waals surface area (Å²) in [6, 6.07) is 18.0. The van der Waals surface area contributed by atoms with E-state index in [9.17, 15) is 4.79 Å². The summed E-state index contributed by atoms with van der Waals surface area (Å²) in [7, 11) is 1.64. The van der Waals surface area contributed by atoms with E-state index in [0.717, 1.165) is 28.6 Å². The van der Waals surface area contributed by atoms with Gasteiger partial charge in [0.1, 0.15) is 5.75 Å². The number of amides is 1. The highest BCUT2D eigenvalue weighted by atomic mass is 32.2. The molecule has 1 aromatic heterocycles. The molecule has 1 amide bonds. The molecule has 0 aliphatic heterocycles. The van der Waals surface area contributed by atoms with Crippen molar-refractivity contribution in [3.63, 3.8) is 0 Å². The highest BCUT2D eigenvalue weighted by Gasteiger charge is 2.11. The molecule has 6 nitrogen and oxygen atoms in total. The number of hydrogen-bond donors (Lipinski definition) is 2. The van der Waals surface area contributed by atoms with Gasteiger partial charge in [0, 0.05) is 11.7 Å². The van der Waals surface area contributed by atoms with E-state index in [1.54, 1.807) is 7.11 Å². The number of aryl methyl sites for hydroxylation is 1. The third kappa shape index (κ3) is 7.07. The third-order valence-electron chi connectivity index (χ3n) is 4.19. The fourth-order valence-electron chi connectivity index (χ4n) is 2.66. The first kappa shape index (κ1) is 21.1. The number of ether oxygens (including phenoxy) is 1. The lowest BCUT2D eigenvalue weighted by atomic mass is 10.1. The number of aromatic nitrogens is 2. The summed E-state index contributed by atoms with van der Waals surface area (Å²) in [5.41, 5.74) is 2.19. The zero-order chi connectivity index (χ0) is 20.5. The average Bonchev–Trinajstić information content (AvgIpc) is 3.19. The van der Waals surface area contributed by atoms with Crippen LogP contribution in [0.3, 0.4) is 0 Å². The van der Waals surface area contributed by atoms with Gasteiger partial charge in [0.05, 0.1) is 12.9 Å². The maximum atomic E-state index is 12.2. The van der Waals surface area contributed by atoms with Crippen molar-refractivity contribution in [1.29, 1.82) is 0 Å². The fraction of sp³-hybridized carbons (Fsp3) is 0.286. The van der Waals surface area contributed by atoms with E-state index >= 15 is 0 Å². The van der Waals surface area contributed by atoms with E-state index in [0.29, 0.717) is 10.9 Å². The Bertz CT molecular complexity index is 901. The molecular formula is C21H24N4O2S2. The van der Waals surface area contributed by atoms with Gasteiger partial charge in [0.25, 0.3) is 0 Å². The van der Waals surface area contributed by atoms with Gasteiger partial charge in [-0.05, 0) is 49.6 Å². The minimum atomic E-state index is 0.00965. The van der Waals surface area contributed by atoms with E-state index < -0.39 is 0 Å². The zero-order valence-corrected chi connectivity index (χ0v) is 18.1. The Morgan fingerprint density at radius 2 is 1.90 bits per heavy atom. The number of nitrogens with one attached hydrogen (secondary N) is 2. The predicted molar refractivity (Wildman–Crippen MR) is 119 cm³/mol. The predicted octanol–water partition coefficient (Wildman–Crippen LogP) is 4.52. The topological polar surface area (TPSA) is 76.1 Å². The van der Waals surface area contributed by atoms with Crippen LogP contribution in [-0.4, -0.2) is 35.0 Å². The van der Waals surface area contributed by atoms with Crippen LogP contribution in [-0.2, 0) is 11.2 Å². The van der Waals surface area contributed by atoms with Crippen LogP contribution >= 0.6 is 23.1 Å². The molecule has 8 heteroatoms. The van der Waals surface area contributed by atoms with E-state index in [-0.39, 0.29) is 11.9 Å². The minimum Gasteiger partial charge on any atom is -0.497 e. The summed E-state index contributed by atoms with van der Waals surface area (Å²) in [5.74, 6) is 1.14. The van der Waals surface area contributed by atoms with Crippen molar-refractivity contribution >= 4 is 39.8 Å². The molecule has 0 saturated heterocycles. The van der Waals surface area contributed by atoms with Gasteiger partial charge in [-0.1, -0.05) is 53.4 Å². The molecule has 152 valence electrons. The normalized spacial score (nSPS) is 11.7. The number of benzene rings is 2. The first-order valence-corrected chi connectivity index (χ1v) is 11.1. The molecule has 3 aromatic rings. The molecule has 0 aliphatic carbocycles. The van der Waals surface area contributed by atoms with E-state index in [4.69, 9.17) is 4.74 Å². The second kappa shape index (κ2) is 10.8. The molecule has 3 rings (SSSR count). The van der Waals surface area contributed by atoms with Gasteiger partial charge in [0.2, 0.25) is 11.0 Å². The van der Waals surface area contributed by atoms with Crippen molar-refractivity contribution in [2.24, 2.45) is 0 Å². The van der Waals surface area contributed by atoms with Crippen molar-refractivity contribution in [2.45, 2.75) is 30.1 Å². The molecule has 0 bridgehead atoms. The zero-order valence-electron chi connectivity index (χ0n) is 16.4. The van der Waals surface area contributed by atoms with Crippen LogP contribution < -0.4 is 15.4 Å². The highest BCUT2D eigenvalue weighted by Crippen LogP contribution is 2.28. The summed E-state index contributed by atoms with van der Waals surface area (Å²) < 4.78 is 5.91. The molecule has 2 N–H and O–H groups in total. The van der Waals surface area contributed by atoms with Crippen LogP contribution in [0.15, 0.2) is 58.9 Å². The Morgan fingerprint density at radius 3 is 2.62 bits per heavy atom. The number of rotatable bonds is 10. The number of carbonyl (C=O) groups is 1. The summed E-state index contributed by atoms with van der Waals surface area (Å²) in [6.45, 7) is 2.04. The second-order valence-corrected chi connectivity index (χ2v) is 8.71. The Hall–Kier alpha value is -2.58. The van der Waals surface area contributed by atoms with Crippen LogP contribution in [0, 0.1) is 0 Å². The second-order valence-electron chi connectivity index (χ2n) is 6.51. The van der Waals surface area contributed by atoms with E-state index in [2.05, 4.69) is 33.0 Å². The average molecular weight is 429 g/mol. The van der Waals surface area contributed by atoms with Crippen molar-refractivity contribution in [3.8, 4) is 5.75 Å². The molecule has 0 aliphatic rings. The molecule has 1 atom stereocenters. The monoisotopic (exact) mass is 428 g/mol. The van der Waals surface area contributed by atoms with Gasteiger partial charge in [-0.15, -0.1) is 10.2 Å². The van der Waals surface area contributed by atoms with E-state index in [1.165, 1.54) is 28.7 Å². The van der Waals surface area contributed by atoms with Crippen molar-refractivity contribution < 1.29 is 9.53 Å². The number of methoxy groups -OCH3 is 1. The number of nitrogens with zero attached hydrogens (tertiary/aromatic N) is 2. The molecular weight excluding hydrogens is 404 g/mol. The molecule has 0 radical (unpaired) electrons. The van der Waals surface area contributed by atoms with Gasteiger partial charge in [-0.25, -0.2) is 0 Å². The Balaban J connectivity index is 1.39. The Kier molecular flexibility index (Phi) is 7.89. The number of carbonyl (C=O) groups excluding carboxylic acids is 1. The third-order valence-corrected chi connectivity index (χ3v) is 6.16. The lowest BCUT2D eigenvalue weighted by Gasteiger charge is -2.13. The summed E-state index contributed by atoms with van der Waals surface area (Å²) in [6.07, 6.45) is 1.86. The largest absolute Gasteiger partial charge is 0.497 e. The van der Waals surface area contributed by atoms with Crippen LogP contribution in [0.4, 0.5) is 10.8 Å². The van der Waals surface area contributed by atoms with Crippen LogP contribution in [0.25, 0.3) is 0 Å². The number of hydrogen-bond acceptors (Lipinski definition) is 7. The summed E-state index contributed by atoms with van der Waals surface area (Å²) in [4.78, 5) is 12.2. The Labute approximate surface area is 179 Å². The standard InChI is InChI=1S/C21H24N4O2S2/c1-15(8-9-16-6-4-3-5-7-16)22-19(26)14-28-21-25-24-20(29-21)23-17-10-12-18(27-2)13-11-17/h3-7,10-13,15H,8-9,14H2,1-2H3,(H,22,26)(H,23,24)/t15-/m1/s1. The van der Waals surface area contributed by atoms with Crippen molar-refractivity contribution in [1.82, 2.24) is 15.5 Å². The molecule has 0 spiro atoms. The fourth-order valence-corrected chi connectivity index (χ4v) is 4.24. The van der Waals surface area contributed by atoms with Crippen LogP contribution in [0.5, 0.6) is 5.75 Å². The summed E-state index contributed by atoms with van der Waals surface area (Å²) in [5, 5.41) is 15.2. The van der Waals surface area contributed by atoms with Gasteiger partial charge in [-0.2, -0.15) is 0 Å². The molecule has 0 fully saturated rings. The van der Waals surface area contributed by atoms with Crippen molar-refractivity contribution in [2.75, 3.05) is 18.2 Å². The SMILES string of the molecule is COc1ccc(Nc2nnc(SCC(=O)N[C@H](C)CCc3ccccc3)s2)cc1. The van der Waals surface area contributed by atoms with Crippen LogP contribution in [0.1, 0.15) is 18.9 Å². The van der Waals surface area contributed by atoms with Gasteiger partial charge in [-0.3, -0.25) is 4.79 Å². The highest BCUT2D eigenvalue weighted by molar-refractivity contribution is 8.01. The number of thioether (sulfide) groups is 1. The van der Waals surface area contributed by atoms with Gasteiger partial charge in [0.15, 0.2) is 4.34 Å². The first-order valence-electron chi connectivity index (χ1n) is 9.33. The molecule has 0 saturated carbocycles. The van der Waals surface area contributed by atoms with Gasteiger partial charge < -0.3 is 15.4 Å². The first-order chi connectivity index (χ1) is 14.1. The lowest BCUT2D eigenvalue weighted by molar-refractivity contribution is -0.119. The van der Waals surface area contributed by atoms with E-state index in [1.807, 2.05) is 49.4 Å². The molecule has 2 aromatic carbocycles. The maximum Gasteiger partial charge on any atom is 0.230 e. The molecule has 29 heavy (non-hydrogen) atoms. The quantitative estimate of drug-likeness (QED) is 0.463. The maximum absolute atomic E-state index is 12.2. The van der Waals surface area contributed by atoms with Gasteiger partial charge >= 0.3 is 0 Å². The minimum absolute atomic E-state index is 0.00965. The summed E-state index contributed by atoms with van der Waals surface area (Å²) >= 11 is 2.82. The number of anilines is 2. The van der Waals surface area contributed by atoms with Crippen LogP contribution in [0.2, 0.25) is 0 Å². The van der Waals surface area contributed by atoms with Crippen molar-refractivity contribution in [3.05, 3.63) is 60.2 Å². The lowest BCUT2D eigenvalue weighted by Crippen LogP contribution is -2.34. The molecule has 1 heterocycles. The Morgan fingerprint density at radius 1 is 1.14 bits per heavy atom. The smallest absolute Gasteiger partial charge is 0.230 e. The molecule has 0 unspecified atom stereocenters.